The smallest absolute Gasteiger partial charge is 0.437 e. The van der Waals surface area contributed by atoms with Crippen molar-refractivity contribution < 1.29 is 27.5 Å². The van der Waals surface area contributed by atoms with Crippen molar-refractivity contribution in [2.75, 3.05) is 6.61 Å². The Hall–Kier alpha value is -3.56. The van der Waals surface area contributed by atoms with Gasteiger partial charge in [-0.05, 0) is 47.5 Å². The lowest BCUT2D eigenvalue weighted by molar-refractivity contribution is -0.00262. The van der Waals surface area contributed by atoms with Crippen molar-refractivity contribution in [2.45, 2.75) is 18.8 Å². The molecule has 0 bridgehead atoms. The van der Waals surface area contributed by atoms with Crippen molar-refractivity contribution in [1.82, 2.24) is 9.78 Å². The molecule has 160 valence electrons. The summed E-state index contributed by atoms with van der Waals surface area (Å²) >= 11 is 0. The van der Waals surface area contributed by atoms with E-state index in [2.05, 4.69) is 5.10 Å². The average molecular weight is 428 g/mol. The molecule has 0 aliphatic heterocycles. The first-order valence-corrected chi connectivity index (χ1v) is 9.42. The number of nitrogens with zero attached hydrogens (tertiary/aromatic N) is 2. The number of halogens is 2. The summed E-state index contributed by atoms with van der Waals surface area (Å²) in [4.78, 5) is 12.0. The Kier molecular flexibility index (Phi) is 6.06. The van der Waals surface area contributed by atoms with E-state index in [1.165, 1.54) is 30.5 Å². The van der Waals surface area contributed by atoms with Crippen molar-refractivity contribution in [2.24, 2.45) is 0 Å². The number of ether oxygens (including phenoxy) is 1. The van der Waals surface area contributed by atoms with Gasteiger partial charge in [-0.2, -0.15) is 4.68 Å². The summed E-state index contributed by atoms with van der Waals surface area (Å²) in [6.45, 7) is -0.350. The van der Waals surface area contributed by atoms with Crippen LogP contribution in [0.15, 0.2) is 80.6 Å². The van der Waals surface area contributed by atoms with Crippen LogP contribution in [0.5, 0.6) is 0 Å². The van der Waals surface area contributed by atoms with Gasteiger partial charge in [-0.3, -0.25) is 0 Å². The van der Waals surface area contributed by atoms with E-state index in [-0.39, 0.29) is 24.8 Å². The van der Waals surface area contributed by atoms with Gasteiger partial charge in [0, 0.05) is 0 Å². The quantitative estimate of drug-likeness (QED) is 0.462. The Labute approximate surface area is 175 Å². The molecule has 0 radical (unpaired) electrons. The summed E-state index contributed by atoms with van der Waals surface area (Å²) in [5, 5.41) is 14.4. The Morgan fingerprint density at radius 2 is 1.61 bits per heavy atom. The van der Waals surface area contributed by atoms with Gasteiger partial charge in [-0.25, -0.2) is 13.6 Å². The molecule has 4 aromatic rings. The second kappa shape index (κ2) is 9.07. The van der Waals surface area contributed by atoms with Crippen LogP contribution in [0.1, 0.15) is 17.2 Å². The minimum absolute atomic E-state index is 0.00128. The molecule has 9 heteroatoms. The topological polar surface area (TPSA) is 90.6 Å². The molecular formula is C22H18F2N2O5. The standard InChI is InChI=1S/C22H18F2N2O5/c23-16-7-3-14(4-8-16)20(15-5-9-17(24)10-6-15)30-13-18(27)12-26-22(28)31-21(25-26)19-2-1-11-29-19/h1-11,18,20,27H,12-13H2. The molecule has 2 heterocycles. The maximum absolute atomic E-state index is 13.3. The lowest BCUT2D eigenvalue weighted by Crippen LogP contribution is -2.28. The predicted octanol–water partition coefficient (Wildman–Crippen LogP) is 3.54. The number of aromatic nitrogens is 2. The van der Waals surface area contributed by atoms with Crippen molar-refractivity contribution >= 4 is 0 Å². The second-order valence-electron chi connectivity index (χ2n) is 6.80. The fourth-order valence-electron chi connectivity index (χ4n) is 3.04. The largest absolute Gasteiger partial charge is 0.459 e. The molecule has 31 heavy (non-hydrogen) atoms. The Bertz CT molecular complexity index is 1120. The van der Waals surface area contributed by atoms with Crippen LogP contribution in [-0.2, 0) is 11.3 Å². The normalized spacial score (nSPS) is 12.4. The Morgan fingerprint density at radius 1 is 1.00 bits per heavy atom. The van der Waals surface area contributed by atoms with Crippen LogP contribution in [0.25, 0.3) is 11.7 Å². The van der Waals surface area contributed by atoms with Gasteiger partial charge >= 0.3 is 5.76 Å². The molecule has 2 aromatic carbocycles. The van der Waals surface area contributed by atoms with E-state index in [0.29, 0.717) is 11.1 Å². The highest BCUT2D eigenvalue weighted by Crippen LogP contribution is 2.27. The highest BCUT2D eigenvalue weighted by Gasteiger charge is 2.20. The zero-order valence-electron chi connectivity index (χ0n) is 16.2. The summed E-state index contributed by atoms with van der Waals surface area (Å²) in [6, 6.07) is 14.6. The van der Waals surface area contributed by atoms with Crippen LogP contribution in [0.4, 0.5) is 8.78 Å². The van der Waals surface area contributed by atoms with Crippen LogP contribution in [0.2, 0.25) is 0 Å². The van der Waals surface area contributed by atoms with Crippen molar-refractivity contribution in [3.05, 3.63) is 100 Å². The molecule has 2 aromatic heterocycles. The van der Waals surface area contributed by atoms with E-state index >= 15 is 0 Å². The van der Waals surface area contributed by atoms with Gasteiger partial charge in [0.2, 0.25) is 0 Å². The zero-order valence-corrected chi connectivity index (χ0v) is 16.2. The number of benzene rings is 2. The van der Waals surface area contributed by atoms with E-state index in [9.17, 15) is 18.7 Å². The van der Waals surface area contributed by atoms with Gasteiger partial charge in [0.05, 0.1) is 25.5 Å². The summed E-state index contributed by atoms with van der Waals surface area (Å²) in [6.07, 6.45) is -0.360. The maximum Gasteiger partial charge on any atom is 0.437 e. The second-order valence-corrected chi connectivity index (χ2v) is 6.80. The van der Waals surface area contributed by atoms with Gasteiger partial charge in [-0.1, -0.05) is 24.3 Å². The SMILES string of the molecule is O=c1oc(-c2ccco2)nn1CC(O)COC(c1ccc(F)cc1)c1ccc(F)cc1. The van der Waals surface area contributed by atoms with Gasteiger partial charge < -0.3 is 18.7 Å². The molecular weight excluding hydrogens is 410 g/mol. The number of furan rings is 1. The molecule has 7 nitrogen and oxygen atoms in total. The van der Waals surface area contributed by atoms with Gasteiger partial charge in [0.1, 0.15) is 17.7 Å². The number of aliphatic hydroxyl groups excluding tert-OH is 1. The van der Waals surface area contributed by atoms with Crippen LogP contribution in [0, 0.1) is 11.6 Å². The van der Waals surface area contributed by atoms with E-state index in [1.807, 2.05) is 0 Å². The fourth-order valence-corrected chi connectivity index (χ4v) is 3.04. The van der Waals surface area contributed by atoms with E-state index in [1.54, 1.807) is 36.4 Å². The van der Waals surface area contributed by atoms with E-state index in [4.69, 9.17) is 13.6 Å². The molecule has 1 atom stereocenters. The highest BCUT2D eigenvalue weighted by molar-refractivity contribution is 5.42. The predicted molar refractivity (Wildman–Crippen MR) is 105 cm³/mol. The first-order valence-electron chi connectivity index (χ1n) is 9.42. The Balaban J connectivity index is 1.47. The molecule has 0 aliphatic carbocycles. The van der Waals surface area contributed by atoms with E-state index < -0.39 is 29.6 Å². The van der Waals surface area contributed by atoms with Crippen LogP contribution < -0.4 is 5.76 Å². The third-order valence-electron chi connectivity index (χ3n) is 4.52. The molecule has 0 saturated carbocycles. The van der Waals surface area contributed by atoms with Crippen LogP contribution >= 0.6 is 0 Å². The minimum atomic E-state index is -1.10. The van der Waals surface area contributed by atoms with Crippen molar-refractivity contribution in [3.63, 3.8) is 0 Å². The van der Waals surface area contributed by atoms with E-state index in [0.717, 1.165) is 4.68 Å². The third-order valence-corrected chi connectivity index (χ3v) is 4.52. The highest BCUT2D eigenvalue weighted by atomic mass is 19.1. The molecule has 0 spiro atoms. The van der Waals surface area contributed by atoms with Crippen LogP contribution in [-0.4, -0.2) is 27.6 Å². The van der Waals surface area contributed by atoms with Gasteiger partial charge in [0.25, 0.3) is 5.89 Å². The molecule has 1 N–H and O–H groups in total. The lowest BCUT2D eigenvalue weighted by atomic mass is 10.0. The van der Waals surface area contributed by atoms with Crippen molar-refractivity contribution in [1.29, 1.82) is 0 Å². The average Bonchev–Trinajstić information content (AvgIpc) is 3.41. The Morgan fingerprint density at radius 3 is 2.16 bits per heavy atom. The molecule has 0 amide bonds. The number of hydrogen-bond acceptors (Lipinski definition) is 6. The lowest BCUT2D eigenvalue weighted by Gasteiger charge is -2.21. The molecule has 0 fully saturated rings. The fraction of sp³-hybridized carbons (Fsp3) is 0.182. The van der Waals surface area contributed by atoms with Crippen LogP contribution in [0.3, 0.4) is 0 Å². The first-order chi connectivity index (χ1) is 15.0. The molecule has 4 rings (SSSR count). The number of hydrogen-bond donors (Lipinski definition) is 1. The molecule has 0 aliphatic rings. The summed E-state index contributed by atoms with van der Waals surface area (Å²) in [5.41, 5.74) is 1.25. The number of aliphatic hydroxyl groups is 1. The van der Waals surface area contributed by atoms with Crippen molar-refractivity contribution in [3.8, 4) is 11.7 Å². The monoisotopic (exact) mass is 428 g/mol. The minimum Gasteiger partial charge on any atom is -0.459 e. The van der Waals surface area contributed by atoms with Gasteiger partial charge in [-0.15, -0.1) is 5.10 Å². The summed E-state index contributed by atoms with van der Waals surface area (Å²) < 4.78 is 43.6. The summed E-state index contributed by atoms with van der Waals surface area (Å²) in [7, 11) is 0. The van der Waals surface area contributed by atoms with Gasteiger partial charge in [0.15, 0.2) is 5.76 Å². The zero-order chi connectivity index (χ0) is 21.8. The number of rotatable bonds is 8. The first kappa shape index (κ1) is 20.7. The molecule has 1 unspecified atom stereocenters. The summed E-state index contributed by atoms with van der Waals surface area (Å²) in [5.74, 6) is -1.27. The third kappa shape index (κ3) is 4.96. The maximum atomic E-state index is 13.3. The molecule has 0 saturated heterocycles.